The van der Waals surface area contributed by atoms with Gasteiger partial charge in [-0.3, -0.25) is 0 Å². The monoisotopic (exact) mass is 298 g/mol. The molecule has 0 atom stereocenters. The summed E-state index contributed by atoms with van der Waals surface area (Å²) in [6.45, 7) is 8.44. The van der Waals surface area contributed by atoms with E-state index in [4.69, 9.17) is 4.52 Å². The number of hydrogen-bond acceptors (Lipinski definition) is 6. The zero-order valence-electron chi connectivity index (χ0n) is 13.1. The Bertz CT molecular complexity index is 766. The van der Waals surface area contributed by atoms with E-state index in [2.05, 4.69) is 25.6 Å². The lowest BCUT2D eigenvalue weighted by molar-refractivity contribution is 0.345. The highest BCUT2D eigenvalue weighted by molar-refractivity contribution is 5.53. The highest BCUT2D eigenvalue weighted by Gasteiger charge is 2.21. The van der Waals surface area contributed by atoms with Gasteiger partial charge in [0.25, 0.3) is 0 Å². The highest BCUT2D eigenvalue weighted by atomic mass is 16.5. The van der Waals surface area contributed by atoms with E-state index >= 15 is 0 Å². The predicted molar refractivity (Wildman–Crippen MR) is 80.1 cm³/mol. The smallest absolute Gasteiger partial charge is 0.250 e. The van der Waals surface area contributed by atoms with Gasteiger partial charge in [-0.05, 0) is 12.1 Å². The van der Waals surface area contributed by atoms with Gasteiger partial charge in [0, 0.05) is 11.0 Å². The minimum atomic E-state index is -0.148. The summed E-state index contributed by atoms with van der Waals surface area (Å²) in [7, 11) is 0. The van der Waals surface area contributed by atoms with Gasteiger partial charge in [0.15, 0.2) is 5.82 Å². The Labute approximate surface area is 128 Å². The Kier molecular flexibility index (Phi) is 3.48. The summed E-state index contributed by atoms with van der Waals surface area (Å²) in [5, 5.41) is 16.4. The van der Waals surface area contributed by atoms with Gasteiger partial charge in [0.2, 0.25) is 11.7 Å². The second-order valence-corrected chi connectivity index (χ2v) is 6.27. The molecule has 0 saturated carbocycles. The van der Waals surface area contributed by atoms with Crippen molar-refractivity contribution in [2.24, 2.45) is 0 Å². The molecule has 0 radical (unpaired) electrons. The quantitative estimate of drug-likeness (QED) is 0.738. The molecular weight excluding hydrogens is 280 g/mol. The van der Waals surface area contributed by atoms with E-state index in [0.29, 0.717) is 24.1 Å². The molecule has 0 N–H and O–H groups in total. The summed E-state index contributed by atoms with van der Waals surface area (Å²) in [5.74, 6) is 1.72. The molecule has 114 valence electrons. The molecule has 0 unspecified atom stereocenters. The molecule has 0 fully saturated rings. The Balaban J connectivity index is 1.77. The van der Waals surface area contributed by atoms with Crippen molar-refractivity contribution in [2.75, 3.05) is 0 Å². The lowest BCUT2D eigenvalue weighted by atomic mass is 9.96. The van der Waals surface area contributed by atoms with Crippen LogP contribution >= 0.6 is 0 Å². The van der Waals surface area contributed by atoms with Crippen molar-refractivity contribution in [3.63, 3.8) is 0 Å². The van der Waals surface area contributed by atoms with E-state index in [-0.39, 0.29) is 5.41 Å². The van der Waals surface area contributed by atoms with Crippen LogP contribution in [0.15, 0.2) is 28.8 Å². The fourth-order valence-electron chi connectivity index (χ4n) is 1.87. The van der Waals surface area contributed by atoms with E-state index in [1.807, 2.05) is 52.0 Å². The molecule has 3 rings (SSSR count). The summed E-state index contributed by atoms with van der Waals surface area (Å²) < 4.78 is 5.24. The van der Waals surface area contributed by atoms with Crippen molar-refractivity contribution >= 4 is 0 Å². The maximum absolute atomic E-state index is 5.24. The molecule has 0 aliphatic carbocycles. The van der Waals surface area contributed by atoms with Crippen LogP contribution in [0.25, 0.3) is 11.4 Å². The number of hydrogen-bond donors (Lipinski definition) is 0. The average Bonchev–Trinajstić information content (AvgIpc) is 3.09. The van der Waals surface area contributed by atoms with Gasteiger partial charge in [-0.2, -0.15) is 9.78 Å². The second-order valence-electron chi connectivity index (χ2n) is 6.27. The average molecular weight is 298 g/mol. The van der Waals surface area contributed by atoms with Gasteiger partial charge in [-0.1, -0.05) is 55.8 Å². The molecule has 7 nitrogen and oxygen atoms in total. The van der Waals surface area contributed by atoms with Crippen LogP contribution < -0.4 is 0 Å². The van der Waals surface area contributed by atoms with Crippen LogP contribution in [0.1, 0.15) is 38.0 Å². The third kappa shape index (κ3) is 3.03. The standard InChI is InChI=1S/C15H18N6O/c1-10-5-7-11(8-6-10)13-17-20-21(18-13)9-12-16-14(19-22-12)15(2,3)4/h5-8H,9H2,1-4H3. The van der Waals surface area contributed by atoms with Crippen LogP contribution in [0.3, 0.4) is 0 Å². The SMILES string of the molecule is Cc1ccc(-c2nnn(Cc3nc(C(C)(C)C)no3)n2)cc1. The van der Waals surface area contributed by atoms with Crippen LogP contribution in [-0.2, 0) is 12.0 Å². The van der Waals surface area contributed by atoms with Crippen LogP contribution in [0, 0.1) is 6.92 Å². The molecular formula is C15H18N6O. The van der Waals surface area contributed by atoms with Crippen molar-refractivity contribution in [2.45, 2.75) is 39.7 Å². The molecule has 0 aliphatic heterocycles. The predicted octanol–water partition coefficient (Wildman–Crippen LogP) is 2.38. The first kappa shape index (κ1) is 14.4. The molecule has 0 aliphatic rings. The van der Waals surface area contributed by atoms with Crippen molar-refractivity contribution < 1.29 is 4.52 Å². The van der Waals surface area contributed by atoms with Crippen molar-refractivity contribution in [3.05, 3.63) is 41.5 Å². The molecule has 2 aromatic heterocycles. The van der Waals surface area contributed by atoms with E-state index in [0.717, 1.165) is 5.56 Å². The van der Waals surface area contributed by atoms with Crippen molar-refractivity contribution in [3.8, 4) is 11.4 Å². The Hall–Kier alpha value is -2.57. The number of tetrazole rings is 1. The number of nitrogens with zero attached hydrogens (tertiary/aromatic N) is 6. The molecule has 2 heterocycles. The lowest BCUT2D eigenvalue weighted by Gasteiger charge is -2.10. The zero-order valence-corrected chi connectivity index (χ0v) is 13.1. The first-order chi connectivity index (χ1) is 10.4. The van der Waals surface area contributed by atoms with E-state index < -0.39 is 0 Å². The molecule has 7 heteroatoms. The van der Waals surface area contributed by atoms with Crippen LogP contribution in [0.2, 0.25) is 0 Å². The summed E-state index contributed by atoms with van der Waals surface area (Å²) >= 11 is 0. The van der Waals surface area contributed by atoms with Gasteiger partial charge in [0.1, 0.15) is 6.54 Å². The summed E-state index contributed by atoms with van der Waals surface area (Å²) in [5.41, 5.74) is 1.97. The Morgan fingerprint density at radius 3 is 2.50 bits per heavy atom. The summed E-state index contributed by atoms with van der Waals surface area (Å²) in [6.07, 6.45) is 0. The molecule has 3 aromatic rings. The van der Waals surface area contributed by atoms with E-state index in [1.165, 1.54) is 10.4 Å². The van der Waals surface area contributed by atoms with Gasteiger partial charge in [-0.25, -0.2) is 0 Å². The van der Waals surface area contributed by atoms with Gasteiger partial charge in [-0.15, -0.1) is 10.2 Å². The van der Waals surface area contributed by atoms with Gasteiger partial charge in [0.05, 0.1) is 0 Å². The fraction of sp³-hybridized carbons (Fsp3) is 0.400. The lowest BCUT2D eigenvalue weighted by Crippen LogP contribution is -2.13. The summed E-state index contributed by atoms with van der Waals surface area (Å²) in [4.78, 5) is 5.82. The third-order valence-electron chi connectivity index (χ3n) is 3.18. The van der Waals surface area contributed by atoms with Crippen LogP contribution in [0.5, 0.6) is 0 Å². The number of rotatable bonds is 3. The highest BCUT2D eigenvalue weighted by Crippen LogP contribution is 2.19. The van der Waals surface area contributed by atoms with E-state index in [1.54, 1.807) is 0 Å². The normalized spacial score (nSPS) is 11.8. The zero-order chi connectivity index (χ0) is 15.7. The maximum atomic E-state index is 5.24. The molecule has 0 bridgehead atoms. The van der Waals surface area contributed by atoms with Crippen molar-refractivity contribution in [1.29, 1.82) is 0 Å². The summed E-state index contributed by atoms with van der Waals surface area (Å²) in [6, 6.07) is 7.98. The Morgan fingerprint density at radius 1 is 1.14 bits per heavy atom. The number of aryl methyl sites for hydroxylation is 1. The number of aromatic nitrogens is 6. The Morgan fingerprint density at radius 2 is 1.86 bits per heavy atom. The molecule has 1 aromatic carbocycles. The minimum absolute atomic E-state index is 0.148. The molecule has 0 spiro atoms. The first-order valence-corrected chi connectivity index (χ1v) is 7.10. The largest absolute Gasteiger partial charge is 0.337 e. The van der Waals surface area contributed by atoms with Crippen LogP contribution in [-0.4, -0.2) is 30.3 Å². The minimum Gasteiger partial charge on any atom is -0.337 e. The maximum Gasteiger partial charge on any atom is 0.250 e. The topological polar surface area (TPSA) is 82.5 Å². The molecule has 0 saturated heterocycles. The fourth-order valence-corrected chi connectivity index (χ4v) is 1.87. The second kappa shape index (κ2) is 5.32. The third-order valence-corrected chi connectivity index (χ3v) is 3.18. The van der Waals surface area contributed by atoms with Gasteiger partial charge >= 0.3 is 0 Å². The van der Waals surface area contributed by atoms with Crippen molar-refractivity contribution in [1.82, 2.24) is 30.3 Å². The molecule has 0 amide bonds. The van der Waals surface area contributed by atoms with Crippen LogP contribution in [0.4, 0.5) is 0 Å². The van der Waals surface area contributed by atoms with Gasteiger partial charge < -0.3 is 4.52 Å². The first-order valence-electron chi connectivity index (χ1n) is 7.10. The number of benzene rings is 1. The van der Waals surface area contributed by atoms with E-state index in [9.17, 15) is 0 Å². The molecule has 22 heavy (non-hydrogen) atoms.